The zero-order chi connectivity index (χ0) is 17.1. The van der Waals surface area contributed by atoms with Crippen LogP contribution in [0.3, 0.4) is 0 Å². The van der Waals surface area contributed by atoms with E-state index in [1.807, 2.05) is 24.3 Å². The first-order valence-corrected chi connectivity index (χ1v) is 8.57. The van der Waals surface area contributed by atoms with Gasteiger partial charge in [0, 0.05) is 37.4 Å². The molecule has 2 fully saturated rings. The van der Waals surface area contributed by atoms with Gasteiger partial charge in [0.1, 0.15) is 0 Å². The van der Waals surface area contributed by atoms with Crippen LogP contribution in [0.4, 0.5) is 17.6 Å². The lowest BCUT2D eigenvalue weighted by Gasteiger charge is -2.30. The molecule has 4 rings (SSSR count). The molecule has 8 nitrogen and oxygen atoms in total. The number of hydrogen-bond donors (Lipinski definition) is 1. The number of nitrogens with zero attached hydrogens (tertiary/aromatic N) is 5. The summed E-state index contributed by atoms with van der Waals surface area (Å²) < 4.78 is 10.9. The van der Waals surface area contributed by atoms with Gasteiger partial charge in [0.15, 0.2) is 5.82 Å². The molecule has 1 aromatic carbocycles. The minimum absolute atomic E-state index is 0.607. The van der Waals surface area contributed by atoms with Crippen molar-refractivity contribution in [1.29, 1.82) is 0 Å². The molecule has 0 unspecified atom stereocenters. The third-order valence-corrected chi connectivity index (χ3v) is 4.40. The minimum Gasteiger partial charge on any atom is -0.398 e. The first-order valence-electron chi connectivity index (χ1n) is 8.57. The van der Waals surface area contributed by atoms with Gasteiger partial charge in [0.05, 0.1) is 26.4 Å². The molecule has 0 radical (unpaired) electrons. The van der Waals surface area contributed by atoms with Crippen LogP contribution in [0, 0.1) is 0 Å². The van der Waals surface area contributed by atoms with Crippen molar-refractivity contribution < 1.29 is 9.47 Å². The van der Waals surface area contributed by atoms with E-state index in [1.54, 1.807) is 0 Å². The molecule has 2 aliphatic rings. The van der Waals surface area contributed by atoms with Crippen LogP contribution in [-0.2, 0) is 9.47 Å². The van der Waals surface area contributed by atoms with Crippen molar-refractivity contribution in [3.05, 3.63) is 24.3 Å². The van der Waals surface area contributed by atoms with Gasteiger partial charge in [-0.05, 0) is 12.1 Å². The average molecular weight is 342 g/mol. The highest BCUT2D eigenvalue weighted by Crippen LogP contribution is 2.26. The summed E-state index contributed by atoms with van der Waals surface area (Å²) in [4.78, 5) is 18.4. The fraction of sp³-hybridized carbons (Fsp3) is 0.471. The number of morpholine rings is 2. The molecule has 0 atom stereocenters. The van der Waals surface area contributed by atoms with Gasteiger partial charge in [-0.3, -0.25) is 0 Å². The van der Waals surface area contributed by atoms with E-state index in [-0.39, 0.29) is 0 Å². The zero-order valence-electron chi connectivity index (χ0n) is 14.1. The number of rotatable bonds is 3. The lowest BCUT2D eigenvalue weighted by atomic mass is 10.2. The Morgan fingerprint density at radius 3 is 1.80 bits per heavy atom. The van der Waals surface area contributed by atoms with Crippen molar-refractivity contribution in [3.8, 4) is 11.4 Å². The molecule has 0 bridgehead atoms. The van der Waals surface area contributed by atoms with Gasteiger partial charge in [-0.25, -0.2) is 0 Å². The largest absolute Gasteiger partial charge is 0.398 e. The molecule has 0 spiro atoms. The predicted octanol–water partition coefficient (Wildman–Crippen LogP) is 0.794. The number of aromatic nitrogens is 3. The van der Waals surface area contributed by atoms with Crippen LogP contribution in [0.1, 0.15) is 0 Å². The minimum atomic E-state index is 0.607. The molecule has 2 aromatic rings. The number of para-hydroxylation sites is 1. The molecule has 8 heteroatoms. The number of hydrogen-bond acceptors (Lipinski definition) is 8. The Labute approximate surface area is 146 Å². The monoisotopic (exact) mass is 342 g/mol. The smallest absolute Gasteiger partial charge is 0.230 e. The van der Waals surface area contributed by atoms with Gasteiger partial charge in [-0.15, -0.1) is 0 Å². The quantitative estimate of drug-likeness (QED) is 0.819. The number of anilines is 3. The fourth-order valence-corrected chi connectivity index (χ4v) is 2.98. The molecular formula is C17H22N6O2. The standard InChI is InChI=1S/C17H22N6O2/c18-14-4-2-1-3-13(14)15-19-16(22-5-9-24-10-6-22)21-17(20-15)23-7-11-25-12-8-23/h1-4H,5-12,18H2. The summed E-state index contributed by atoms with van der Waals surface area (Å²) in [7, 11) is 0. The molecule has 2 aliphatic heterocycles. The second kappa shape index (κ2) is 7.20. The van der Waals surface area contributed by atoms with Crippen molar-refractivity contribution in [2.24, 2.45) is 0 Å². The molecule has 2 saturated heterocycles. The molecule has 1 aromatic heterocycles. The van der Waals surface area contributed by atoms with Gasteiger partial charge in [0.2, 0.25) is 11.9 Å². The summed E-state index contributed by atoms with van der Waals surface area (Å²) in [6.07, 6.45) is 0. The second-order valence-electron chi connectivity index (χ2n) is 6.05. The normalized spacial score (nSPS) is 18.4. The Hall–Kier alpha value is -2.45. The highest BCUT2D eigenvalue weighted by atomic mass is 16.5. The van der Waals surface area contributed by atoms with Gasteiger partial charge in [-0.1, -0.05) is 12.1 Å². The molecular weight excluding hydrogens is 320 g/mol. The van der Waals surface area contributed by atoms with E-state index < -0.39 is 0 Å². The van der Waals surface area contributed by atoms with Crippen molar-refractivity contribution in [3.63, 3.8) is 0 Å². The number of nitrogens with two attached hydrogens (primary N) is 1. The predicted molar refractivity (Wildman–Crippen MR) is 95.7 cm³/mol. The zero-order valence-corrected chi connectivity index (χ0v) is 14.1. The fourth-order valence-electron chi connectivity index (χ4n) is 2.98. The molecule has 0 amide bonds. The van der Waals surface area contributed by atoms with E-state index in [0.29, 0.717) is 49.8 Å². The second-order valence-corrected chi connectivity index (χ2v) is 6.05. The topological polar surface area (TPSA) is 89.6 Å². The number of ether oxygens (including phenoxy) is 2. The maximum absolute atomic E-state index is 6.14. The van der Waals surface area contributed by atoms with E-state index in [9.17, 15) is 0 Å². The van der Waals surface area contributed by atoms with Crippen molar-refractivity contribution in [1.82, 2.24) is 15.0 Å². The van der Waals surface area contributed by atoms with Crippen molar-refractivity contribution in [2.75, 3.05) is 68.1 Å². The van der Waals surface area contributed by atoms with Crippen molar-refractivity contribution >= 4 is 17.6 Å². The third-order valence-electron chi connectivity index (χ3n) is 4.40. The Kier molecular flexibility index (Phi) is 4.62. The summed E-state index contributed by atoms with van der Waals surface area (Å²) in [5.41, 5.74) is 7.63. The van der Waals surface area contributed by atoms with Crippen LogP contribution in [0.5, 0.6) is 0 Å². The Morgan fingerprint density at radius 2 is 1.28 bits per heavy atom. The maximum Gasteiger partial charge on any atom is 0.230 e. The first kappa shape index (κ1) is 16.0. The SMILES string of the molecule is Nc1ccccc1-c1nc(N2CCOCC2)nc(N2CCOCC2)n1. The van der Waals surface area contributed by atoms with Crippen LogP contribution in [0.2, 0.25) is 0 Å². The number of nitrogen functional groups attached to an aromatic ring is 1. The summed E-state index contributed by atoms with van der Waals surface area (Å²) in [5.74, 6) is 1.96. The Morgan fingerprint density at radius 1 is 0.760 bits per heavy atom. The van der Waals surface area contributed by atoms with Gasteiger partial charge < -0.3 is 25.0 Å². The average Bonchev–Trinajstić information content (AvgIpc) is 2.69. The van der Waals surface area contributed by atoms with E-state index in [2.05, 4.69) is 9.80 Å². The maximum atomic E-state index is 6.14. The number of benzene rings is 1. The molecule has 3 heterocycles. The van der Waals surface area contributed by atoms with Crippen LogP contribution in [0.25, 0.3) is 11.4 Å². The molecule has 0 saturated carbocycles. The van der Waals surface area contributed by atoms with E-state index in [4.69, 9.17) is 30.2 Å². The third kappa shape index (κ3) is 3.49. The summed E-state index contributed by atoms with van der Waals surface area (Å²) in [6.45, 7) is 5.82. The van der Waals surface area contributed by atoms with Crippen LogP contribution < -0.4 is 15.5 Å². The van der Waals surface area contributed by atoms with E-state index in [0.717, 1.165) is 31.7 Å². The van der Waals surface area contributed by atoms with E-state index in [1.165, 1.54) is 0 Å². The Bertz CT molecular complexity index is 693. The van der Waals surface area contributed by atoms with Crippen LogP contribution >= 0.6 is 0 Å². The van der Waals surface area contributed by atoms with E-state index >= 15 is 0 Å². The highest BCUT2D eigenvalue weighted by Gasteiger charge is 2.21. The summed E-state index contributed by atoms with van der Waals surface area (Å²) in [6, 6.07) is 7.66. The molecule has 25 heavy (non-hydrogen) atoms. The van der Waals surface area contributed by atoms with Gasteiger partial charge in [0.25, 0.3) is 0 Å². The van der Waals surface area contributed by atoms with Crippen LogP contribution in [-0.4, -0.2) is 67.6 Å². The lowest BCUT2D eigenvalue weighted by molar-refractivity contribution is 0.121. The van der Waals surface area contributed by atoms with Crippen LogP contribution in [0.15, 0.2) is 24.3 Å². The molecule has 2 N–H and O–H groups in total. The van der Waals surface area contributed by atoms with Gasteiger partial charge >= 0.3 is 0 Å². The Balaban J connectivity index is 1.75. The summed E-state index contributed by atoms with van der Waals surface area (Å²) in [5, 5.41) is 0. The molecule has 0 aliphatic carbocycles. The first-order chi connectivity index (χ1) is 12.3. The molecule has 132 valence electrons. The van der Waals surface area contributed by atoms with Crippen molar-refractivity contribution in [2.45, 2.75) is 0 Å². The summed E-state index contributed by atoms with van der Waals surface area (Å²) >= 11 is 0. The highest BCUT2D eigenvalue weighted by molar-refractivity contribution is 5.72. The lowest BCUT2D eigenvalue weighted by Crippen LogP contribution is -2.40. The van der Waals surface area contributed by atoms with Gasteiger partial charge in [-0.2, -0.15) is 15.0 Å².